The zero-order valence-electron chi connectivity index (χ0n) is 14.1. The Labute approximate surface area is 148 Å². The molecule has 0 spiro atoms. The summed E-state index contributed by atoms with van der Waals surface area (Å²) in [6.07, 6.45) is 1.40. The maximum Gasteiger partial charge on any atom is 0.310 e. The molecule has 0 amide bonds. The number of carbonyl (C=O) groups is 1. The van der Waals surface area contributed by atoms with E-state index in [1.54, 1.807) is 0 Å². The molecule has 0 radical (unpaired) electrons. The average molecular weight is 330 g/mol. The Balaban J connectivity index is 1.84. The minimum atomic E-state index is -0.758. The van der Waals surface area contributed by atoms with Gasteiger partial charge >= 0.3 is 5.97 Å². The summed E-state index contributed by atoms with van der Waals surface area (Å²) in [4.78, 5) is 11.8. The molecule has 3 aromatic rings. The molecule has 0 aliphatic heterocycles. The Bertz CT molecular complexity index is 743. The highest BCUT2D eigenvalue weighted by Gasteiger charge is 2.22. The van der Waals surface area contributed by atoms with Crippen molar-refractivity contribution in [2.24, 2.45) is 0 Å². The summed E-state index contributed by atoms with van der Waals surface area (Å²) in [5.74, 6) is -1.03. The molecule has 2 nitrogen and oxygen atoms in total. The lowest BCUT2D eigenvalue weighted by atomic mass is 9.83. The predicted octanol–water partition coefficient (Wildman–Crippen LogP) is 5.47. The average Bonchev–Trinajstić information content (AvgIpc) is 2.67. The molecule has 2 heteroatoms. The summed E-state index contributed by atoms with van der Waals surface area (Å²) in [7, 11) is 0. The van der Waals surface area contributed by atoms with Crippen LogP contribution in [0.3, 0.4) is 0 Å². The molecule has 0 bridgehead atoms. The molecule has 1 N–H and O–H groups in total. The van der Waals surface area contributed by atoms with E-state index in [0.29, 0.717) is 6.42 Å². The number of rotatable bonds is 7. The predicted molar refractivity (Wildman–Crippen MR) is 101 cm³/mol. The molecule has 3 aromatic carbocycles. The summed E-state index contributed by atoms with van der Waals surface area (Å²) in [6.45, 7) is 0. The number of benzene rings is 3. The van der Waals surface area contributed by atoms with Crippen molar-refractivity contribution < 1.29 is 9.90 Å². The molecule has 0 saturated heterocycles. The third-order valence-corrected chi connectivity index (χ3v) is 4.65. The fourth-order valence-electron chi connectivity index (χ4n) is 3.35. The van der Waals surface area contributed by atoms with Gasteiger partial charge in [-0.25, -0.2) is 0 Å². The van der Waals surface area contributed by atoms with Crippen LogP contribution in [0.5, 0.6) is 0 Å². The van der Waals surface area contributed by atoms with E-state index < -0.39 is 11.9 Å². The van der Waals surface area contributed by atoms with Crippen LogP contribution in [-0.2, 0) is 4.79 Å². The van der Waals surface area contributed by atoms with Gasteiger partial charge < -0.3 is 5.11 Å². The second kappa shape index (κ2) is 8.29. The number of hydrogen-bond donors (Lipinski definition) is 1. The Morgan fingerprint density at radius 1 is 0.640 bits per heavy atom. The molecule has 0 aliphatic rings. The lowest BCUT2D eigenvalue weighted by Crippen LogP contribution is -2.13. The van der Waals surface area contributed by atoms with Crippen LogP contribution in [0, 0.1) is 0 Å². The van der Waals surface area contributed by atoms with Gasteiger partial charge in [0.15, 0.2) is 0 Å². The second-order valence-corrected chi connectivity index (χ2v) is 6.25. The number of aliphatic carboxylic acids is 1. The van der Waals surface area contributed by atoms with Crippen LogP contribution >= 0.6 is 0 Å². The van der Waals surface area contributed by atoms with Crippen LogP contribution < -0.4 is 0 Å². The van der Waals surface area contributed by atoms with Gasteiger partial charge in [-0.3, -0.25) is 4.79 Å². The van der Waals surface area contributed by atoms with Gasteiger partial charge in [0, 0.05) is 5.92 Å². The van der Waals surface area contributed by atoms with Gasteiger partial charge in [0.2, 0.25) is 0 Å². The topological polar surface area (TPSA) is 37.3 Å². The third kappa shape index (κ3) is 4.36. The largest absolute Gasteiger partial charge is 0.481 e. The van der Waals surface area contributed by atoms with Crippen molar-refractivity contribution >= 4 is 5.97 Å². The monoisotopic (exact) mass is 330 g/mol. The summed E-state index contributed by atoms with van der Waals surface area (Å²) < 4.78 is 0. The first-order valence-electron chi connectivity index (χ1n) is 8.63. The van der Waals surface area contributed by atoms with Crippen molar-refractivity contribution in [1.29, 1.82) is 0 Å². The lowest BCUT2D eigenvalue weighted by Gasteiger charge is -2.21. The van der Waals surface area contributed by atoms with Gasteiger partial charge in [-0.05, 0) is 29.5 Å². The standard InChI is InChI=1S/C23H22O2/c24-23(25)22(20-14-8-3-9-15-20)17-16-21(18-10-4-1-5-11-18)19-12-6-2-7-13-19/h1-15,21-22H,16-17H2,(H,24,25). The highest BCUT2D eigenvalue weighted by molar-refractivity contribution is 5.76. The van der Waals surface area contributed by atoms with Crippen LogP contribution in [-0.4, -0.2) is 11.1 Å². The zero-order chi connectivity index (χ0) is 17.5. The Morgan fingerprint density at radius 3 is 1.44 bits per heavy atom. The first kappa shape index (κ1) is 17.0. The van der Waals surface area contributed by atoms with E-state index in [1.807, 2.05) is 66.7 Å². The molecule has 25 heavy (non-hydrogen) atoms. The van der Waals surface area contributed by atoms with Crippen LogP contribution in [0.15, 0.2) is 91.0 Å². The molecule has 1 unspecified atom stereocenters. The highest BCUT2D eigenvalue weighted by atomic mass is 16.4. The summed E-state index contributed by atoms with van der Waals surface area (Å²) in [6, 6.07) is 30.2. The van der Waals surface area contributed by atoms with Crippen LogP contribution in [0.2, 0.25) is 0 Å². The van der Waals surface area contributed by atoms with Crippen LogP contribution in [0.1, 0.15) is 41.4 Å². The molecule has 0 aliphatic carbocycles. The van der Waals surface area contributed by atoms with Crippen molar-refractivity contribution in [2.75, 3.05) is 0 Å². The molecule has 3 rings (SSSR count). The van der Waals surface area contributed by atoms with E-state index in [2.05, 4.69) is 24.3 Å². The number of carboxylic acid groups (broad SMARTS) is 1. The fourth-order valence-corrected chi connectivity index (χ4v) is 3.35. The van der Waals surface area contributed by atoms with Crippen molar-refractivity contribution in [3.8, 4) is 0 Å². The maximum absolute atomic E-state index is 11.8. The molecule has 0 saturated carbocycles. The summed E-state index contributed by atoms with van der Waals surface area (Å²) in [5, 5.41) is 9.68. The van der Waals surface area contributed by atoms with Gasteiger partial charge in [-0.1, -0.05) is 91.0 Å². The molecule has 0 aromatic heterocycles. The van der Waals surface area contributed by atoms with Crippen LogP contribution in [0.4, 0.5) is 0 Å². The molecule has 0 heterocycles. The van der Waals surface area contributed by atoms with Gasteiger partial charge in [-0.2, -0.15) is 0 Å². The zero-order valence-corrected chi connectivity index (χ0v) is 14.1. The summed E-state index contributed by atoms with van der Waals surface area (Å²) >= 11 is 0. The third-order valence-electron chi connectivity index (χ3n) is 4.65. The van der Waals surface area contributed by atoms with Crippen LogP contribution in [0.25, 0.3) is 0 Å². The number of carboxylic acids is 1. The fraction of sp³-hybridized carbons (Fsp3) is 0.174. The summed E-state index contributed by atoms with van der Waals surface area (Å²) in [5.41, 5.74) is 3.33. The Morgan fingerprint density at radius 2 is 1.04 bits per heavy atom. The molecule has 0 fully saturated rings. The minimum absolute atomic E-state index is 0.202. The maximum atomic E-state index is 11.8. The van der Waals surface area contributed by atoms with E-state index in [4.69, 9.17) is 0 Å². The van der Waals surface area contributed by atoms with E-state index in [1.165, 1.54) is 11.1 Å². The SMILES string of the molecule is O=C(O)C(CCC(c1ccccc1)c1ccccc1)c1ccccc1. The molecular formula is C23H22O2. The van der Waals surface area contributed by atoms with Gasteiger partial charge in [-0.15, -0.1) is 0 Å². The van der Waals surface area contributed by atoms with Gasteiger partial charge in [0.25, 0.3) is 0 Å². The Kier molecular flexibility index (Phi) is 5.63. The quantitative estimate of drug-likeness (QED) is 0.624. The van der Waals surface area contributed by atoms with Gasteiger partial charge in [0.1, 0.15) is 0 Å². The van der Waals surface area contributed by atoms with E-state index in [0.717, 1.165) is 12.0 Å². The normalized spacial score (nSPS) is 12.0. The van der Waals surface area contributed by atoms with E-state index in [9.17, 15) is 9.90 Å². The van der Waals surface area contributed by atoms with Gasteiger partial charge in [0.05, 0.1) is 5.92 Å². The first-order chi connectivity index (χ1) is 12.3. The highest BCUT2D eigenvalue weighted by Crippen LogP contribution is 2.33. The smallest absolute Gasteiger partial charge is 0.310 e. The molecule has 126 valence electrons. The second-order valence-electron chi connectivity index (χ2n) is 6.25. The van der Waals surface area contributed by atoms with E-state index in [-0.39, 0.29) is 5.92 Å². The first-order valence-corrected chi connectivity index (χ1v) is 8.63. The van der Waals surface area contributed by atoms with E-state index >= 15 is 0 Å². The van der Waals surface area contributed by atoms with Crippen molar-refractivity contribution in [1.82, 2.24) is 0 Å². The number of hydrogen-bond acceptors (Lipinski definition) is 1. The van der Waals surface area contributed by atoms with Crippen molar-refractivity contribution in [2.45, 2.75) is 24.7 Å². The van der Waals surface area contributed by atoms with Crippen molar-refractivity contribution in [3.63, 3.8) is 0 Å². The van der Waals surface area contributed by atoms with Crippen molar-refractivity contribution in [3.05, 3.63) is 108 Å². The molecular weight excluding hydrogens is 308 g/mol. The molecule has 1 atom stereocenters. The lowest BCUT2D eigenvalue weighted by molar-refractivity contribution is -0.139. The minimum Gasteiger partial charge on any atom is -0.481 e. The Hall–Kier alpha value is -2.87.